The summed E-state index contributed by atoms with van der Waals surface area (Å²) in [6, 6.07) is 0. The molecular weight excluding hydrogens is 175 g/mol. The Labute approximate surface area is 74.7 Å². The van der Waals surface area contributed by atoms with Crippen LogP contribution in [0.5, 0.6) is 0 Å². The topological polar surface area (TPSA) is 76.4 Å². The average molecular weight is 186 g/mol. The molecule has 0 fully saturated rings. The summed E-state index contributed by atoms with van der Waals surface area (Å²) in [5.41, 5.74) is 5.33. The van der Waals surface area contributed by atoms with Gasteiger partial charge in [0, 0.05) is 18.9 Å². The van der Waals surface area contributed by atoms with Crippen LogP contribution in [0.3, 0.4) is 0 Å². The third-order valence-corrected chi connectivity index (χ3v) is 1.58. The zero-order valence-corrected chi connectivity index (χ0v) is 7.02. The normalized spacial score (nSPS) is 11.9. The maximum Gasteiger partial charge on any atom is 0.206 e. The first-order valence-corrected chi connectivity index (χ1v) is 3.84. The Morgan fingerprint density at radius 3 is 3.15 bits per heavy atom. The van der Waals surface area contributed by atoms with Crippen LogP contribution in [0.4, 0.5) is 4.39 Å². The molecule has 0 bridgehead atoms. The molecule has 72 valence electrons. The molecule has 0 atom stereocenters. The first-order valence-electron chi connectivity index (χ1n) is 3.84. The highest BCUT2D eigenvalue weighted by Crippen LogP contribution is 1.99. The number of nitrogens with zero attached hydrogens (tertiary/aromatic N) is 3. The van der Waals surface area contributed by atoms with Gasteiger partial charge in [-0.2, -0.15) is 0 Å². The number of aromatic nitrogens is 2. The van der Waals surface area contributed by atoms with Gasteiger partial charge < -0.3 is 15.5 Å². The van der Waals surface area contributed by atoms with Crippen molar-refractivity contribution in [2.24, 2.45) is 10.9 Å². The Balaban J connectivity index is 2.77. The van der Waals surface area contributed by atoms with Crippen LogP contribution in [0.2, 0.25) is 0 Å². The second-order valence-corrected chi connectivity index (χ2v) is 2.47. The Morgan fingerprint density at radius 2 is 2.54 bits per heavy atom. The largest absolute Gasteiger partial charge is 0.409 e. The van der Waals surface area contributed by atoms with Crippen LogP contribution in [-0.4, -0.2) is 27.3 Å². The number of alkyl halides is 1. The molecule has 0 saturated carbocycles. The van der Waals surface area contributed by atoms with Crippen LogP contribution in [0.15, 0.2) is 17.5 Å². The van der Waals surface area contributed by atoms with E-state index in [9.17, 15) is 4.39 Å². The zero-order chi connectivity index (χ0) is 9.68. The molecular formula is C7H11FN4O. The lowest BCUT2D eigenvalue weighted by atomic mass is 10.4. The summed E-state index contributed by atoms with van der Waals surface area (Å²) in [6.45, 7) is 0.0792. The van der Waals surface area contributed by atoms with Crippen molar-refractivity contribution < 1.29 is 9.60 Å². The van der Waals surface area contributed by atoms with E-state index in [1.54, 1.807) is 10.8 Å². The molecule has 0 amide bonds. The van der Waals surface area contributed by atoms with Gasteiger partial charge in [-0.3, -0.25) is 4.39 Å². The molecule has 0 spiro atoms. The van der Waals surface area contributed by atoms with E-state index in [2.05, 4.69) is 10.1 Å². The molecule has 0 aromatic carbocycles. The number of hydrogen-bond donors (Lipinski definition) is 2. The second kappa shape index (κ2) is 4.44. The summed E-state index contributed by atoms with van der Waals surface area (Å²) in [5.74, 6) is 0.291. The van der Waals surface area contributed by atoms with Crippen LogP contribution < -0.4 is 5.73 Å². The highest BCUT2D eigenvalue weighted by atomic mass is 19.1. The molecule has 0 radical (unpaired) electrons. The van der Waals surface area contributed by atoms with Gasteiger partial charge in [0.05, 0.1) is 6.67 Å². The number of nitrogens with two attached hydrogens (primary N) is 1. The summed E-state index contributed by atoms with van der Waals surface area (Å²) >= 11 is 0. The predicted octanol–water partition coefficient (Wildman–Crippen LogP) is 0.337. The molecule has 0 aliphatic heterocycles. The van der Waals surface area contributed by atoms with Crippen molar-refractivity contribution in [3.05, 3.63) is 18.2 Å². The van der Waals surface area contributed by atoms with Crippen LogP contribution in [0, 0.1) is 0 Å². The Morgan fingerprint density at radius 1 is 1.77 bits per heavy atom. The van der Waals surface area contributed by atoms with Gasteiger partial charge in [-0.25, -0.2) is 4.98 Å². The summed E-state index contributed by atoms with van der Waals surface area (Å²) in [7, 11) is 0. The van der Waals surface area contributed by atoms with E-state index in [1.165, 1.54) is 6.20 Å². The summed E-state index contributed by atoms with van der Waals surface area (Å²) in [6.07, 6.45) is 3.57. The van der Waals surface area contributed by atoms with Gasteiger partial charge in [0.25, 0.3) is 0 Å². The van der Waals surface area contributed by atoms with Crippen molar-refractivity contribution in [2.75, 3.05) is 6.67 Å². The quantitative estimate of drug-likeness (QED) is 0.308. The minimum Gasteiger partial charge on any atom is -0.409 e. The number of rotatable bonds is 4. The molecule has 0 unspecified atom stereocenters. The lowest BCUT2D eigenvalue weighted by Gasteiger charge is -2.03. The summed E-state index contributed by atoms with van der Waals surface area (Å²) < 4.78 is 13.5. The highest BCUT2D eigenvalue weighted by Gasteiger charge is 2.06. The van der Waals surface area contributed by atoms with Gasteiger partial charge >= 0.3 is 0 Å². The Bertz CT molecular complexity index is 296. The van der Waals surface area contributed by atoms with E-state index in [4.69, 9.17) is 10.9 Å². The lowest BCUT2D eigenvalue weighted by Crippen LogP contribution is -2.19. The molecule has 1 aromatic rings. The standard InChI is InChI=1S/C7H11FN4O/c8-2-1-4-12-5-3-10-7(12)6(9)11-13/h3,5,13H,1-2,4H2,(H2,9,11). The molecule has 0 saturated heterocycles. The van der Waals surface area contributed by atoms with Gasteiger partial charge in [0.2, 0.25) is 5.84 Å². The highest BCUT2D eigenvalue weighted by molar-refractivity contribution is 5.93. The van der Waals surface area contributed by atoms with Gasteiger partial charge in [0.1, 0.15) is 0 Å². The van der Waals surface area contributed by atoms with Crippen LogP contribution in [-0.2, 0) is 6.54 Å². The number of imidazole rings is 1. The Hall–Kier alpha value is -1.59. The monoisotopic (exact) mass is 186 g/mol. The van der Waals surface area contributed by atoms with E-state index in [0.717, 1.165) is 0 Å². The number of hydrogen-bond acceptors (Lipinski definition) is 3. The maximum absolute atomic E-state index is 11.9. The smallest absolute Gasteiger partial charge is 0.206 e. The number of halogens is 1. The fourth-order valence-electron chi connectivity index (χ4n) is 0.998. The molecule has 13 heavy (non-hydrogen) atoms. The van der Waals surface area contributed by atoms with Gasteiger partial charge in [-0.1, -0.05) is 5.16 Å². The molecule has 6 heteroatoms. The van der Waals surface area contributed by atoms with E-state index >= 15 is 0 Å². The van der Waals surface area contributed by atoms with Crippen LogP contribution in [0.1, 0.15) is 12.2 Å². The lowest BCUT2D eigenvalue weighted by molar-refractivity contribution is 0.318. The molecule has 1 rings (SSSR count). The zero-order valence-electron chi connectivity index (χ0n) is 7.02. The minimum absolute atomic E-state index is 0.0659. The molecule has 5 nitrogen and oxygen atoms in total. The van der Waals surface area contributed by atoms with Gasteiger partial charge in [0.15, 0.2) is 5.82 Å². The van der Waals surface area contributed by atoms with Crippen molar-refractivity contribution in [2.45, 2.75) is 13.0 Å². The molecule has 1 heterocycles. The van der Waals surface area contributed by atoms with Crippen LogP contribution in [0.25, 0.3) is 0 Å². The molecule has 1 aromatic heterocycles. The first-order chi connectivity index (χ1) is 6.29. The van der Waals surface area contributed by atoms with Crippen LogP contribution >= 0.6 is 0 Å². The van der Waals surface area contributed by atoms with Crippen molar-refractivity contribution in [1.29, 1.82) is 0 Å². The molecule has 3 N–H and O–H groups in total. The van der Waals surface area contributed by atoms with Gasteiger partial charge in [-0.15, -0.1) is 0 Å². The van der Waals surface area contributed by atoms with Crippen molar-refractivity contribution in [3.8, 4) is 0 Å². The summed E-state index contributed by atoms with van der Waals surface area (Å²) in [4.78, 5) is 3.86. The third-order valence-electron chi connectivity index (χ3n) is 1.58. The SMILES string of the molecule is N/C(=N/O)c1nccn1CCCF. The van der Waals surface area contributed by atoms with Crippen molar-refractivity contribution >= 4 is 5.84 Å². The van der Waals surface area contributed by atoms with E-state index < -0.39 is 6.67 Å². The number of oxime groups is 1. The fourth-order valence-corrected chi connectivity index (χ4v) is 0.998. The third kappa shape index (κ3) is 2.17. The van der Waals surface area contributed by atoms with Crippen molar-refractivity contribution in [1.82, 2.24) is 9.55 Å². The summed E-state index contributed by atoms with van der Waals surface area (Å²) in [5, 5.41) is 11.2. The minimum atomic E-state index is -0.395. The second-order valence-electron chi connectivity index (χ2n) is 2.47. The van der Waals surface area contributed by atoms with E-state index in [0.29, 0.717) is 18.8 Å². The number of aryl methyl sites for hydroxylation is 1. The fraction of sp³-hybridized carbons (Fsp3) is 0.429. The first kappa shape index (κ1) is 9.50. The number of amidine groups is 1. The predicted molar refractivity (Wildman–Crippen MR) is 45.3 cm³/mol. The van der Waals surface area contributed by atoms with E-state index in [-0.39, 0.29) is 5.84 Å². The molecule has 0 aliphatic carbocycles. The average Bonchev–Trinajstić information content (AvgIpc) is 2.61. The van der Waals surface area contributed by atoms with E-state index in [1.807, 2.05) is 0 Å². The Kier molecular flexibility index (Phi) is 3.24. The van der Waals surface area contributed by atoms with Gasteiger partial charge in [-0.05, 0) is 6.42 Å². The van der Waals surface area contributed by atoms with Crippen molar-refractivity contribution in [3.63, 3.8) is 0 Å². The maximum atomic E-state index is 11.9. The molecule has 0 aliphatic rings.